The van der Waals surface area contributed by atoms with Crippen LogP contribution in [0.3, 0.4) is 0 Å². The summed E-state index contributed by atoms with van der Waals surface area (Å²) in [5.74, 6) is 0.583. The number of ketones is 1. The lowest BCUT2D eigenvalue weighted by molar-refractivity contribution is 0.101. The minimum absolute atomic E-state index is 0. The zero-order valence-electron chi connectivity index (χ0n) is 20.5. The highest BCUT2D eigenvalue weighted by Crippen LogP contribution is 2.39. The molecule has 0 spiro atoms. The number of aromatic hydroxyl groups is 1. The second-order valence-corrected chi connectivity index (χ2v) is 10.5. The van der Waals surface area contributed by atoms with E-state index in [1.54, 1.807) is 19.1 Å². The summed E-state index contributed by atoms with van der Waals surface area (Å²) < 4.78 is 0. The van der Waals surface area contributed by atoms with Crippen molar-refractivity contribution in [1.82, 2.24) is 9.88 Å². The SMILES string of the molecule is CC(=O)c1c(C)nc2ccc(-c3cc(Cl)c(O)c(Cl)c3)cc2c1N[C@H]1CC[C@H](CN(C)C)CC1.Cl. The number of benzene rings is 2. The van der Waals surface area contributed by atoms with Crippen molar-refractivity contribution in [2.24, 2.45) is 5.92 Å². The molecule has 35 heavy (non-hydrogen) atoms. The summed E-state index contributed by atoms with van der Waals surface area (Å²) in [6.07, 6.45) is 4.48. The van der Waals surface area contributed by atoms with Gasteiger partial charge in [-0.3, -0.25) is 9.78 Å². The van der Waals surface area contributed by atoms with E-state index in [1.807, 2.05) is 25.1 Å². The Balaban J connectivity index is 0.00000342. The molecule has 0 unspecified atom stereocenters. The van der Waals surface area contributed by atoms with E-state index in [9.17, 15) is 9.90 Å². The fourth-order valence-corrected chi connectivity index (χ4v) is 5.58. The van der Waals surface area contributed by atoms with Crippen molar-refractivity contribution in [2.45, 2.75) is 45.6 Å². The Labute approximate surface area is 223 Å². The molecule has 5 nitrogen and oxygen atoms in total. The van der Waals surface area contributed by atoms with Crippen LogP contribution in [0.1, 0.15) is 48.7 Å². The number of nitrogens with one attached hydrogen (secondary N) is 1. The zero-order valence-corrected chi connectivity index (χ0v) is 22.8. The van der Waals surface area contributed by atoms with Gasteiger partial charge in [0, 0.05) is 18.0 Å². The van der Waals surface area contributed by atoms with Crippen LogP contribution in [0.25, 0.3) is 22.0 Å². The molecule has 0 saturated heterocycles. The molecule has 1 saturated carbocycles. The van der Waals surface area contributed by atoms with Crippen molar-refractivity contribution < 1.29 is 9.90 Å². The van der Waals surface area contributed by atoms with E-state index in [-0.39, 0.29) is 34.0 Å². The van der Waals surface area contributed by atoms with Crippen molar-refractivity contribution >= 4 is 58.0 Å². The number of carbonyl (C=O) groups excluding carboxylic acids is 1. The fraction of sp³-hybridized carbons (Fsp3) is 0.407. The molecule has 0 aliphatic heterocycles. The van der Waals surface area contributed by atoms with Crippen LogP contribution in [0, 0.1) is 12.8 Å². The van der Waals surface area contributed by atoms with Gasteiger partial charge in [-0.1, -0.05) is 29.3 Å². The molecule has 0 atom stereocenters. The second kappa shape index (κ2) is 11.3. The van der Waals surface area contributed by atoms with Crippen LogP contribution in [0.2, 0.25) is 10.0 Å². The van der Waals surface area contributed by atoms with E-state index in [0.29, 0.717) is 17.5 Å². The first kappa shape index (κ1) is 27.5. The number of Topliss-reactive ketones (excluding diaryl/α,β-unsaturated/α-hetero) is 1. The number of anilines is 1. The number of carbonyl (C=O) groups is 1. The lowest BCUT2D eigenvalue weighted by Crippen LogP contribution is -2.31. The maximum Gasteiger partial charge on any atom is 0.163 e. The maximum absolute atomic E-state index is 12.7. The van der Waals surface area contributed by atoms with E-state index >= 15 is 0 Å². The number of fused-ring (bicyclic) bond motifs is 1. The lowest BCUT2D eigenvalue weighted by atomic mass is 9.85. The van der Waals surface area contributed by atoms with Crippen LogP contribution >= 0.6 is 35.6 Å². The number of nitrogens with zero attached hydrogens (tertiary/aromatic N) is 2. The molecule has 2 aromatic carbocycles. The van der Waals surface area contributed by atoms with Gasteiger partial charge in [0.1, 0.15) is 0 Å². The van der Waals surface area contributed by atoms with Crippen molar-refractivity contribution in [3.63, 3.8) is 0 Å². The number of aryl methyl sites for hydroxylation is 1. The predicted molar refractivity (Wildman–Crippen MR) is 149 cm³/mol. The van der Waals surface area contributed by atoms with Gasteiger partial charge < -0.3 is 15.3 Å². The Hall–Kier alpha value is -2.05. The summed E-state index contributed by atoms with van der Waals surface area (Å²) >= 11 is 12.3. The van der Waals surface area contributed by atoms with Crippen molar-refractivity contribution in [3.05, 3.63) is 51.6 Å². The van der Waals surface area contributed by atoms with E-state index in [1.165, 1.54) is 12.8 Å². The summed E-state index contributed by atoms with van der Waals surface area (Å²) in [7, 11) is 4.25. The summed E-state index contributed by atoms with van der Waals surface area (Å²) in [6, 6.07) is 9.62. The summed E-state index contributed by atoms with van der Waals surface area (Å²) in [5, 5.41) is 15.0. The monoisotopic (exact) mass is 535 g/mol. The number of halogens is 3. The minimum atomic E-state index is -0.128. The van der Waals surface area contributed by atoms with Crippen molar-refractivity contribution in [3.8, 4) is 16.9 Å². The Bertz CT molecular complexity index is 1220. The standard InChI is InChI=1S/C27H31Cl2N3O2.ClH/c1-15-25(16(2)33)26(31-20-8-5-17(6-9-20)14-32(3)4)21-11-18(7-10-24(21)30-15)19-12-22(28)27(34)23(29)13-19;/h7,10-13,17,20,34H,5-6,8-9,14H2,1-4H3,(H,30,31);1H/t17-,20-;. The molecule has 3 aromatic rings. The van der Waals surface area contributed by atoms with E-state index in [4.69, 9.17) is 28.2 Å². The van der Waals surface area contributed by atoms with Crippen molar-refractivity contribution in [2.75, 3.05) is 26.0 Å². The molecule has 1 fully saturated rings. The zero-order chi connectivity index (χ0) is 24.6. The molecule has 0 amide bonds. The third-order valence-electron chi connectivity index (χ3n) is 6.69. The summed E-state index contributed by atoms with van der Waals surface area (Å²) in [6.45, 7) is 4.60. The Morgan fingerprint density at radius 2 is 1.71 bits per heavy atom. The van der Waals surface area contributed by atoms with E-state index in [2.05, 4.69) is 24.3 Å². The lowest BCUT2D eigenvalue weighted by Gasteiger charge is -2.32. The third kappa shape index (κ3) is 6.03. The molecule has 1 heterocycles. The van der Waals surface area contributed by atoms with Gasteiger partial charge in [-0.2, -0.15) is 0 Å². The van der Waals surface area contributed by atoms with Crippen LogP contribution in [-0.2, 0) is 0 Å². The highest BCUT2D eigenvalue weighted by atomic mass is 35.5. The van der Waals surface area contributed by atoms with Crippen LogP contribution in [0.4, 0.5) is 5.69 Å². The molecule has 8 heteroatoms. The first-order valence-electron chi connectivity index (χ1n) is 11.7. The smallest absolute Gasteiger partial charge is 0.163 e. The molecule has 2 N–H and O–H groups in total. The number of rotatable bonds is 6. The van der Waals surface area contributed by atoms with Crippen LogP contribution in [0.5, 0.6) is 5.75 Å². The maximum atomic E-state index is 12.7. The first-order valence-corrected chi connectivity index (χ1v) is 12.4. The van der Waals surface area contributed by atoms with Crippen molar-refractivity contribution in [1.29, 1.82) is 0 Å². The van der Waals surface area contributed by atoms with Gasteiger partial charge in [-0.05, 0) is 94.9 Å². The Kier molecular flexibility index (Phi) is 8.92. The number of phenols is 1. The Morgan fingerprint density at radius 3 is 2.29 bits per heavy atom. The molecule has 188 valence electrons. The number of phenolic OH excluding ortho intramolecular Hbond substituents is 1. The van der Waals surface area contributed by atoms with Gasteiger partial charge >= 0.3 is 0 Å². The predicted octanol–water partition coefficient (Wildman–Crippen LogP) is 7.38. The third-order valence-corrected chi connectivity index (χ3v) is 7.26. The van der Waals surface area contributed by atoms with Gasteiger partial charge in [0.05, 0.1) is 32.5 Å². The fourth-order valence-electron chi connectivity index (χ4n) is 5.09. The normalized spacial score (nSPS) is 17.9. The number of hydrogen-bond donors (Lipinski definition) is 2. The van der Waals surface area contributed by atoms with Gasteiger partial charge in [0.2, 0.25) is 0 Å². The summed E-state index contributed by atoms with van der Waals surface area (Å²) in [5.41, 5.74) is 4.72. The topological polar surface area (TPSA) is 65.5 Å². The van der Waals surface area contributed by atoms with Gasteiger partial charge in [0.25, 0.3) is 0 Å². The average Bonchev–Trinajstić information content (AvgIpc) is 2.77. The second-order valence-electron chi connectivity index (χ2n) is 9.65. The van der Waals surface area contributed by atoms with Gasteiger partial charge in [-0.15, -0.1) is 12.4 Å². The first-order chi connectivity index (χ1) is 16.1. The van der Waals surface area contributed by atoms with Gasteiger partial charge in [0.15, 0.2) is 11.5 Å². The molecule has 4 rings (SSSR count). The van der Waals surface area contributed by atoms with Crippen LogP contribution in [0.15, 0.2) is 30.3 Å². The summed E-state index contributed by atoms with van der Waals surface area (Å²) in [4.78, 5) is 19.7. The van der Waals surface area contributed by atoms with Gasteiger partial charge in [-0.25, -0.2) is 0 Å². The largest absolute Gasteiger partial charge is 0.505 e. The molecule has 0 radical (unpaired) electrons. The molecule has 1 aromatic heterocycles. The van der Waals surface area contributed by atoms with E-state index < -0.39 is 0 Å². The van der Waals surface area contributed by atoms with Crippen LogP contribution < -0.4 is 5.32 Å². The molecule has 1 aliphatic carbocycles. The Morgan fingerprint density at radius 1 is 1.09 bits per heavy atom. The highest BCUT2D eigenvalue weighted by Gasteiger charge is 2.25. The van der Waals surface area contributed by atoms with E-state index in [0.717, 1.165) is 52.8 Å². The average molecular weight is 537 g/mol. The number of pyridine rings is 1. The quantitative estimate of drug-likeness (QED) is 0.322. The molecule has 1 aliphatic rings. The molecule has 0 bridgehead atoms. The van der Waals surface area contributed by atoms with Crippen LogP contribution in [-0.4, -0.2) is 47.5 Å². The highest BCUT2D eigenvalue weighted by molar-refractivity contribution is 6.37. The molecular weight excluding hydrogens is 505 g/mol. The molecular formula is C27H32Cl3N3O2. The minimum Gasteiger partial charge on any atom is -0.505 e. The number of hydrogen-bond acceptors (Lipinski definition) is 5. The number of aromatic nitrogens is 1.